The van der Waals surface area contributed by atoms with E-state index in [1.54, 1.807) is 0 Å². The van der Waals surface area contributed by atoms with Gasteiger partial charge in [0.15, 0.2) is 0 Å². The Bertz CT molecular complexity index is 321. The monoisotopic (exact) mass is 233 g/mol. The zero-order valence-electron chi connectivity index (χ0n) is 10.9. The number of rotatable bonds is 7. The van der Waals surface area contributed by atoms with Gasteiger partial charge in [0.05, 0.1) is 6.10 Å². The summed E-state index contributed by atoms with van der Waals surface area (Å²) in [7, 11) is 2.04. The minimum atomic E-state index is 0.187. The van der Waals surface area contributed by atoms with E-state index in [0.717, 1.165) is 12.5 Å². The van der Waals surface area contributed by atoms with Crippen molar-refractivity contribution in [3.8, 4) is 0 Å². The van der Waals surface area contributed by atoms with Crippen molar-refractivity contribution in [3.63, 3.8) is 0 Å². The van der Waals surface area contributed by atoms with Crippen LogP contribution in [0.1, 0.15) is 37.9 Å². The molecule has 2 heteroatoms. The van der Waals surface area contributed by atoms with Crippen LogP contribution in [0.15, 0.2) is 30.3 Å². The second-order valence-corrected chi connectivity index (χ2v) is 4.86. The van der Waals surface area contributed by atoms with Crippen LogP contribution in [0.3, 0.4) is 0 Å². The maximum absolute atomic E-state index is 5.95. The molecule has 0 aromatic heterocycles. The second kappa shape index (κ2) is 6.18. The van der Waals surface area contributed by atoms with E-state index < -0.39 is 0 Å². The SMILES string of the molecule is CCOC(c1ccccc1)C(CC1CC1)NC. The third kappa shape index (κ3) is 3.55. The van der Waals surface area contributed by atoms with E-state index >= 15 is 0 Å². The molecule has 1 N–H and O–H groups in total. The topological polar surface area (TPSA) is 21.3 Å². The van der Waals surface area contributed by atoms with Crippen molar-refractivity contribution in [3.05, 3.63) is 35.9 Å². The van der Waals surface area contributed by atoms with E-state index in [4.69, 9.17) is 4.74 Å². The van der Waals surface area contributed by atoms with E-state index in [0.29, 0.717) is 6.04 Å². The largest absolute Gasteiger partial charge is 0.372 e. The highest BCUT2D eigenvalue weighted by Crippen LogP contribution is 2.37. The molecular weight excluding hydrogens is 210 g/mol. The van der Waals surface area contributed by atoms with E-state index in [1.807, 2.05) is 7.05 Å². The lowest BCUT2D eigenvalue weighted by atomic mass is 9.97. The maximum Gasteiger partial charge on any atom is 0.0977 e. The van der Waals surface area contributed by atoms with Crippen LogP contribution in [-0.2, 0) is 4.74 Å². The normalized spacial score (nSPS) is 18.9. The fourth-order valence-corrected chi connectivity index (χ4v) is 2.37. The van der Waals surface area contributed by atoms with Crippen LogP contribution in [0.4, 0.5) is 0 Å². The molecule has 0 spiro atoms. The number of nitrogens with one attached hydrogen (secondary N) is 1. The molecule has 2 rings (SSSR count). The summed E-state index contributed by atoms with van der Waals surface area (Å²) in [6.45, 7) is 2.84. The summed E-state index contributed by atoms with van der Waals surface area (Å²) in [5.41, 5.74) is 1.29. The number of benzene rings is 1. The highest BCUT2D eigenvalue weighted by Gasteiger charge is 2.30. The van der Waals surface area contributed by atoms with Crippen molar-refractivity contribution >= 4 is 0 Å². The van der Waals surface area contributed by atoms with Crippen LogP contribution in [0.5, 0.6) is 0 Å². The molecule has 0 radical (unpaired) electrons. The standard InChI is InChI=1S/C15H23NO/c1-3-17-15(13-7-5-4-6-8-13)14(16-2)11-12-9-10-12/h4-8,12,14-16H,3,9-11H2,1-2H3. The summed E-state index contributed by atoms with van der Waals surface area (Å²) in [6.07, 6.45) is 4.21. The Hall–Kier alpha value is -0.860. The molecule has 0 amide bonds. The predicted octanol–water partition coefficient (Wildman–Crippen LogP) is 3.15. The highest BCUT2D eigenvalue weighted by molar-refractivity contribution is 5.19. The first-order valence-electron chi connectivity index (χ1n) is 6.69. The molecule has 0 bridgehead atoms. The zero-order chi connectivity index (χ0) is 12.1. The van der Waals surface area contributed by atoms with Gasteiger partial charge in [-0.3, -0.25) is 0 Å². The molecule has 1 aliphatic carbocycles. The van der Waals surface area contributed by atoms with Gasteiger partial charge in [-0.15, -0.1) is 0 Å². The fraction of sp³-hybridized carbons (Fsp3) is 0.600. The first-order valence-corrected chi connectivity index (χ1v) is 6.69. The summed E-state index contributed by atoms with van der Waals surface area (Å²) < 4.78 is 5.95. The fourth-order valence-electron chi connectivity index (χ4n) is 2.37. The summed E-state index contributed by atoms with van der Waals surface area (Å²) in [4.78, 5) is 0. The van der Waals surface area contributed by atoms with Gasteiger partial charge in [0.25, 0.3) is 0 Å². The van der Waals surface area contributed by atoms with Gasteiger partial charge < -0.3 is 10.1 Å². The van der Waals surface area contributed by atoms with Crippen LogP contribution >= 0.6 is 0 Å². The van der Waals surface area contributed by atoms with Crippen LogP contribution in [-0.4, -0.2) is 19.7 Å². The van der Waals surface area contributed by atoms with Crippen molar-refractivity contribution < 1.29 is 4.74 Å². The van der Waals surface area contributed by atoms with E-state index in [1.165, 1.54) is 24.8 Å². The van der Waals surface area contributed by atoms with Crippen molar-refractivity contribution in [2.24, 2.45) is 5.92 Å². The van der Waals surface area contributed by atoms with Gasteiger partial charge in [-0.25, -0.2) is 0 Å². The Kier molecular flexibility index (Phi) is 4.57. The van der Waals surface area contributed by atoms with Crippen LogP contribution in [0.25, 0.3) is 0 Å². The predicted molar refractivity (Wildman–Crippen MR) is 71.0 cm³/mol. The van der Waals surface area contributed by atoms with E-state index in [2.05, 4.69) is 42.6 Å². The minimum absolute atomic E-state index is 0.187. The maximum atomic E-state index is 5.95. The first kappa shape index (κ1) is 12.6. The Morgan fingerprint density at radius 2 is 2.00 bits per heavy atom. The van der Waals surface area contributed by atoms with Crippen molar-refractivity contribution in [2.75, 3.05) is 13.7 Å². The number of hydrogen-bond acceptors (Lipinski definition) is 2. The molecule has 2 atom stereocenters. The third-order valence-corrected chi connectivity index (χ3v) is 3.49. The molecule has 1 fully saturated rings. The van der Waals surface area contributed by atoms with Crippen molar-refractivity contribution in [1.82, 2.24) is 5.32 Å². The van der Waals surface area contributed by atoms with Crippen LogP contribution in [0, 0.1) is 5.92 Å². The molecule has 0 heterocycles. The smallest absolute Gasteiger partial charge is 0.0977 e. The van der Waals surface area contributed by atoms with Gasteiger partial charge in [0.2, 0.25) is 0 Å². The molecule has 2 nitrogen and oxygen atoms in total. The second-order valence-electron chi connectivity index (χ2n) is 4.86. The summed E-state index contributed by atoms with van der Waals surface area (Å²) >= 11 is 0. The molecule has 0 saturated heterocycles. The lowest BCUT2D eigenvalue weighted by molar-refractivity contribution is 0.0314. The number of likely N-dealkylation sites (N-methyl/N-ethyl adjacent to an activating group) is 1. The third-order valence-electron chi connectivity index (χ3n) is 3.49. The minimum Gasteiger partial charge on any atom is -0.372 e. The van der Waals surface area contributed by atoms with Crippen LogP contribution in [0.2, 0.25) is 0 Å². The molecule has 1 aliphatic rings. The Labute approximate surface area is 104 Å². The summed E-state index contributed by atoms with van der Waals surface area (Å²) in [5, 5.41) is 3.43. The highest BCUT2D eigenvalue weighted by atomic mass is 16.5. The molecule has 2 unspecified atom stereocenters. The number of hydrogen-bond donors (Lipinski definition) is 1. The number of ether oxygens (including phenoxy) is 1. The van der Waals surface area contributed by atoms with E-state index in [9.17, 15) is 0 Å². The summed E-state index contributed by atoms with van der Waals surface area (Å²) in [6, 6.07) is 11.0. The average Bonchev–Trinajstić information content (AvgIpc) is 3.18. The molecule has 1 aromatic carbocycles. The lowest BCUT2D eigenvalue weighted by Gasteiger charge is -2.27. The Balaban J connectivity index is 2.08. The van der Waals surface area contributed by atoms with Gasteiger partial charge in [-0.2, -0.15) is 0 Å². The van der Waals surface area contributed by atoms with Gasteiger partial charge in [0.1, 0.15) is 0 Å². The van der Waals surface area contributed by atoms with Gasteiger partial charge >= 0.3 is 0 Å². The summed E-state index contributed by atoms with van der Waals surface area (Å²) in [5.74, 6) is 0.916. The molecule has 1 saturated carbocycles. The first-order chi connectivity index (χ1) is 8.35. The quantitative estimate of drug-likeness (QED) is 0.781. The molecule has 17 heavy (non-hydrogen) atoms. The van der Waals surface area contributed by atoms with Gasteiger partial charge in [-0.05, 0) is 31.9 Å². The Morgan fingerprint density at radius 3 is 2.53 bits per heavy atom. The molecular formula is C15H23NO. The Morgan fingerprint density at radius 1 is 1.29 bits per heavy atom. The molecule has 1 aromatic rings. The molecule has 0 aliphatic heterocycles. The van der Waals surface area contributed by atoms with Gasteiger partial charge in [0, 0.05) is 12.6 Å². The van der Waals surface area contributed by atoms with E-state index in [-0.39, 0.29) is 6.10 Å². The molecule has 94 valence electrons. The van der Waals surface area contributed by atoms with Crippen molar-refractivity contribution in [1.29, 1.82) is 0 Å². The van der Waals surface area contributed by atoms with Crippen molar-refractivity contribution in [2.45, 2.75) is 38.3 Å². The van der Waals surface area contributed by atoms with Gasteiger partial charge in [-0.1, -0.05) is 43.2 Å². The lowest BCUT2D eigenvalue weighted by Crippen LogP contribution is -2.34. The van der Waals surface area contributed by atoms with Crippen LogP contribution < -0.4 is 5.32 Å². The average molecular weight is 233 g/mol. The zero-order valence-corrected chi connectivity index (χ0v) is 10.9.